The molecule has 0 aliphatic rings. The summed E-state index contributed by atoms with van der Waals surface area (Å²) in [4.78, 5) is 13.9. The first-order valence-corrected chi connectivity index (χ1v) is 4.65. The second kappa shape index (κ2) is 5.09. The van der Waals surface area contributed by atoms with Crippen LogP contribution in [0.15, 0.2) is 12.2 Å². The van der Waals surface area contributed by atoms with Gasteiger partial charge in [0.15, 0.2) is 0 Å². The maximum Gasteiger partial charge on any atom is 0.334 e. The maximum absolute atomic E-state index is 10.9. The van der Waals surface area contributed by atoms with Gasteiger partial charge < -0.3 is 9.72 Å². The summed E-state index contributed by atoms with van der Waals surface area (Å²) in [6, 6.07) is 0. The zero-order chi connectivity index (χ0) is 8.85. The lowest BCUT2D eigenvalue weighted by Crippen LogP contribution is -2.31. The van der Waals surface area contributed by atoms with Gasteiger partial charge in [-0.25, -0.2) is 4.79 Å². The van der Waals surface area contributed by atoms with E-state index < -0.39 is 0 Å². The van der Waals surface area contributed by atoms with Crippen molar-refractivity contribution in [2.45, 2.75) is 26.5 Å². The Bertz CT molecular complexity index is 155. The minimum Gasteiger partial charge on any atom is -0.444 e. The number of nitrogens with one attached hydrogen (secondary N) is 1. The molecule has 1 atom stereocenters. The Labute approximate surface area is 70.3 Å². The fraction of sp³-hybridized carbons (Fsp3) is 0.571. The highest BCUT2D eigenvalue weighted by Gasteiger charge is 2.09. The normalized spacial score (nSPS) is 12.5. The van der Waals surface area contributed by atoms with Crippen molar-refractivity contribution >= 4 is 16.4 Å². The standard InChI is InChI=1S/C7H15NO2Si/c1-4-6(8-11)10-7(9)5(2)3/h6,8H,2,4H2,1,3,11H3. The summed E-state index contributed by atoms with van der Waals surface area (Å²) < 4.78 is 5.00. The molecule has 4 heteroatoms. The van der Waals surface area contributed by atoms with Gasteiger partial charge in [-0.3, -0.25) is 0 Å². The molecule has 0 aromatic heterocycles. The molecule has 0 aromatic rings. The van der Waals surface area contributed by atoms with E-state index in [1.54, 1.807) is 6.92 Å². The molecular weight excluding hydrogens is 158 g/mol. The Kier molecular flexibility index (Phi) is 4.81. The Morgan fingerprint density at radius 1 is 1.82 bits per heavy atom. The predicted molar refractivity (Wildman–Crippen MR) is 48.1 cm³/mol. The van der Waals surface area contributed by atoms with Crippen molar-refractivity contribution in [3.8, 4) is 0 Å². The molecule has 0 fully saturated rings. The van der Waals surface area contributed by atoms with E-state index in [0.717, 1.165) is 16.8 Å². The zero-order valence-corrected chi connectivity index (χ0v) is 9.31. The first-order chi connectivity index (χ1) is 5.11. The van der Waals surface area contributed by atoms with Crippen LogP contribution in [0.1, 0.15) is 20.3 Å². The van der Waals surface area contributed by atoms with Crippen LogP contribution in [0.5, 0.6) is 0 Å². The quantitative estimate of drug-likeness (QED) is 0.275. The van der Waals surface area contributed by atoms with Gasteiger partial charge in [0, 0.05) is 5.57 Å². The SMILES string of the molecule is C=C(C)C(=O)OC(CC)N[SiH3]. The molecule has 0 spiro atoms. The second-order valence-electron chi connectivity index (χ2n) is 2.37. The summed E-state index contributed by atoms with van der Waals surface area (Å²) in [7, 11) is 0.826. The Balaban J connectivity index is 3.81. The third kappa shape index (κ3) is 3.95. The smallest absolute Gasteiger partial charge is 0.334 e. The largest absolute Gasteiger partial charge is 0.444 e. The number of esters is 1. The van der Waals surface area contributed by atoms with Crippen LogP contribution in [-0.2, 0) is 9.53 Å². The van der Waals surface area contributed by atoms with Gasteiger partial charge in [-0.2, -0.15) is 0 Å². The van der Waals surface area contributed by atoms with Crippen molar-refractivity contribution in [2.75, 3.05) is 0 Å². The van der Waals surface area contributed by atoms with Gasteiger partial charge in [-0.15, -0.1) is 0 Å². The summed E-state index contributed by atoms with van der Waals surface area (Å²) in [6.45, 7) is 7.09. The summed E-state index contributed by atoms with van der Waals surface area (Å²) in [5.74, 6) is -0.319. The fourth-order valence-corrected chi connectivity index (χ4v) is 1.10. The molecule has 1 N–H and O–H groups in total. The molecule has 0 aromatic carbocycles. The highest BCUT2D eigenvalue weighted by Crippen LogP contribution is 1.98. The average Bonchev–Trinajstić information content (AvgIpc) is 1.99. The van der Waals surface area contributed by atoms with Crippen molar-refractivity contribution in [1.29, 1.82) is 0 Å². The van der Waals surface area contributed by atoms with E-state index in [1.165, 1.54) is 0 Å². The van der Waals surface area contributed by atoms with Gasteiger partial charge in [0.1, 0.15) is 6.23 Å². The number of ether oxygens (including phenoxy) is 1. The second-order valence-corrected chi connectivity index (χ2v) is 2.95. The van der Waals surface area contributed by atoms with E-state index in [2.05, 4.69) is 11.6 Å². The van der Waals surface area contributed by atoms with Crippen molar-refractivity contribution < 1.29 is 9.53 Å². The molecule has 3 nitrogen and oxygen atoms in total. The molecule has 0 radical (unpaired) electrons. The van der Waals surface area contributed by atoms with E-state index in [-0.39, 0.29) is 12.2 Å². The van der Waals surface area contributed by atoms with Gasteiger partial charge in [0.2, 0.25) is 0 Å². The minimum absolute atomic E-state index is 0.133. The van der Waals surface area contributed by atoms with Crippen LogP contribution < -0.4 is 4.98 Å². The number of hydrogen-bond acceptors (Lipinski definition) is 3. The summed E-state index contributed by atoms with van der Waals surface area (Å²) in [5.41, 5.74) is 0.445. The fourth-order valence-electron chi connectivity index (χ4n) is 0.576. The monoisotopic (exact) mass is 173 g/mol. The molecule has 64 valence electrons. The van der Waals surface area contributed by atoms with Crippen molar-refractivity contribution in [1.82, 2.24) is 4.98 Å². The Morgan fingerprint density at radius 2 is 2.36 bits per heavy atom. The number of rotatable bonds is 4. The third-order valence-corrected chi connectivity index (χ3v) is 1.93. The van der Waals surface area contributed by atoms with Gasteiger partial charge in [0.25, 0.3) is 0 Å². The Hall–Kier alpha value is -0.613. The molecule has 0 bridgehead atoms. The summed E-state index contributed by atoms with van der Waals surface area (Å²) >= 11 is 0. The lowest BCUT2D eigenvalue weighted by Gasteiger charge is -2.14. The van der Waals surface area contributed by atoms with Gasteiger partial charge >= 0.3 is 5.97 Å². The molecule has 0 aliphatic carbocycles. The lowest BCUT2D eigenvalue weighted by molar-refractivity contribution is -0.144. The molecule has 0 saturated carbocycles. The predicted octanol–water partition coefficient (Wildman–Crippen LogP) is -0.288. The average molecular weight is 173 g/mol. The van der Waals surface area contributed by atoms with Gasteiger partial charge in [-0.1, -0.05) is 13.5 Å². The molecular formula is C7H15NO2Si. The van der Waals surface area contributed by atoms with Gasteiger partial charge in [0.05, 0.1) is 10.4 Å². The molecule has 0 rings (SSSR count). The Morgan fingerprint density at radius 3 is 2.64 bits per heavy atom. The van der Waals surface area contributed by atoms with Crippen LogP contribution >= 0.6 is 0 Å². The zero-order valence-electron chi connectivity index (χ0n) is 7.31. The summed E-state index contributed by atoms with van der Waals surface area (Å²) in [5, 5.41) is 0. The molecule has 0 heterocycles. The number of carbonyl (C=O) groups is 1. The highest BCUT2D eigenvalue weighted by atomic mass is 28.2. The molecule has 11 heavy (non-hydrogen) atoms. The van der Waals surface area contributed by atoms with Gasteiger partial charge in [-0.05, 0) is 13.3 Å². The number of carbonyl (C=O) groups excluding carboxylic acids is 1. The number of hydrogen-bond donors (Lipinski definition) is 1. The van der Waals surface area contributed by atoms with Crippen molar-refractivity contribution in [3.05, 3.63) is 12.2 Å². The van der Waals surface area contributed by atoms with E-state index in [9.17, 15) is 4.79 Å². The van der Waals surface area contributed by atoms with E-state index >= 15 is 0 Å². The van der Waals surface area contributed by atoms with Crippen molar-refractivity contribution in [2.24, 2.45) is 0 Å². The van der Waals surface area contributed by atoms with Crippen LogP contribution in [0.4, 0.5) is 0 Å². The van der Waals surface area contributed by atoms with Crippen LogP contribution in [0.25, 0.3) is 0 Å². The van der Waals surface area contributed by atoms with E-state index in [1.807, 2.05) is 6.92 Å². The van der Waals surface area contributed by atoms with E-state index in [4.69, 9.17) is 4.74 Å². The molecule has 0 saturated heterocycles. The van der Waals surface area contributed by atoms with Crippen LogP contribution in [0, 0.1) is 0 Å². The highest BCUT2D eigenvalue weighted by molar-refractivity contribution is 6.04. The summed E-state index contributed by atoms with van der Waals surface area (Å²) in [6.07, 6.45) is 0.661. The third-order valence-electron chi connectivity index (χ3n) is 1.29. The topological polar surface area (TPSA) is 38.3 Å². The minimum atomic E-state index is -0.319. The molecule has 0 aliphatic heterocycles. The maximum atomic E-state index is 10.9. The molecule has 1 unspecified atom stereocenters. The lowest BCUT2D eigenvalue weighted by atomic mass is 10.3. The van der Waals surface area contributed by atoms with Crippen molar-refractivity contribution in [3.63, 3.8) is 0 Å². The van der Waals surface area contributed by atoms with Crippen LogP contribution in [0.3, 0.4) is 0 Å². The van der Waals surface area contributed by atoms with Crippen LogP contribution in [-0.4, -0.2) is 22.6 Å². The first-order valence-electron chi connectivity index (χ1n) is 3.65. The molecule has 0 amide bonds. The first kappa shape index (κ1) is 10.4. The van der Waals surface area contributed by atoms with Crippen LogP contribution in [0.2, 0.25) is 0 Å². The van der Waals surface area contributed by atoms with E-state index in [0.29, 0.717) is 5.57 Å².